The molecule has 0 bridgehead atoms. The average molecular weight is 423 g/mol. The van der Waals surface area contributed by atoms with Crippen molar-refractivity contribution >= 4 is 35.0 Å². The Balaban J connectivity index is 1.49. The fourth-order valence-corrected chi connectivity index (χ4v) is 3.29. The highest BCUT2D eigenvalue weighted by molar-refractivity contribution is 5.96. The molecule has 3 rings (SSSR count). The van der Waals surface area contributed by atoms with E-state index in [4.69, 9.17) is 4.74 Å². The minimum atomic E-state index is -0.976. The molecule has 0 aromatic heterocycles. The number of nitrogens with zero attached hydrogens (tertiary/aromatic N) is 2. The average Bonchev–Trinajstić information content (AvgIpc) is 2.79. The van der Waals surface area contributed by atoms with E-state index < -0.39 is 22.9 Å². The molecule has 1 atom stereocenters. The molecule has 8 nitrogen and oxygen atoms in total. The maximum Gasteiger partial charge on any atom is 0.331 e. The van der Waals surface area contributed by atoms with Crippen LogP contribution in [0.15, 0.2) is 54.6 Å². The van der Waals surface area contributed by atoms with Crippen LogP contribution >= 0.6 is 0 Å². The van der Waals surface area contributed by atoms with Crippen LogP contribution in [0.5, 0.6) is 0 Å². The quantitative estimate of drug-likeness (QED) is 0.310. The molecule has 0 radical (unpaired) electrons. The number of hydrogen-bond acceptors (Lipinski definition) is 6. The third kappa shape index (κ3) is 6.40. The number of carbonyl (C=O) groups excluding carboxylic acids is 2. The van der Waals surface area contributed by atoms with Crippen molar-refractivity contribution in [2.75, 3.05) is 23.3 Å². The number of nitro groups is 1. The van der Waals surface area contributed by atoms with E-state index in [0.717, 1.165) is 18.8 Å². The zero-order valence-corrected chi connectivity index (χ0v) is 17.3. The molecule has 1 aliphatic rings. The molecule has 162 valence electrons. The molecule has 0 saturated carbocycles. The van der Waals surface area contributed by atoms with Crippen LogP contribution in [-0.4, -0.2) is 36.0 Å². The van der Waals surface area contributed by atoms with Gasteiger partial charge in [-0.3, -0.25) is 14.9 Å². The van der Waals surface area contributed by atoms with Crippen LogP contribution < -0.4 is 10.2 Å². The number of nitro benzene ring substituents is 1. The Hall–Kier alpha value is -3.68. The van der Waals surface area contributed by atoms with E-state index in [2.05, 4.69) is 10.2 Å². The van der Waals surface area contributed by atoms with Gasteiger partial charge in [0.25, 0.3) is 11.6 Å². The number of benzene rings is 2. The second-order valence-electron chi connectivity index (χ2n) is 7.34. The van der Waals surface area contributed by atoms with Crippen LogP contribution in [0.25, 0.3) is 6.08 Å². The van der Waals surface area contributed by atoms with Crippen molar-refractivity contribution in [2.45, 2.75) is 32.3 Å². The molecular formula is C23H25N3O5. The molecule has 1 aliphatic heterocycles. The summed E-state index contributed by atoms with van der Waals surface area (Å²) in [6.45, 7) is 3.59. The highest BCUT2D eigenvalue weighted by Crippen LogP contribution is 2.22. The molecule has 1 fully saturated rings. The lowest BCUT2D eigenvalue weighted by atomic mass is 10.1. The Labute approximate surface area is 180 Å². The van der Waals surface area contributed by atoms with Gasteiger partial charge >= 0.3 is 5.97 Å². The number of rotatable bonds is 7. The zero-order valence-electron chi connectivity index (χ0n) is 17.3. The second kappa shape index (κ2) is 10.4. The van der Waals surface area contributed by atoms with Gasteiger partial charge in [0.2, 0.25) is 0 Å². The van der Waals surface area contributed by atoms with Crippen LogP contribution in [0.4, 0.5) is 17.1 Å². The van der Waals surface area contributed by atoms with Crippen molar-refractivity contribution in [1.82, 2.24) is 0 Å². The van der Waals surface area contributed by atoms with Gasteiger partial charge in [-0.05, 0) is 74.2 Å². The number of esters is 1. The predicted molar refractivity (Wildman–Crippen MR) is 119 cm³/mol. The van der Waals surface area contributed by atoms with Gasteiger partial charge in [-0.2, -0.15) is 0 Å². The fraction of sp³-hybridized carbons (Fsp3) is 0.304. The summed E-state index contributed by atoms with van der Waals surface area (Å²) in [4.78, 5) is 36.8. The summed E-state index contributed by atoms with van der Waals surface area (Å²) in [6, 6.07) is 13.4. The zero-order chi connectivity index (χ0) is 22.2. The van der Waals surface area contributed by atoms with Crippen molar-refractivity contribution in [3.8, 4) is 0 Å². The first-order valence-corrected chi connectivity index (χ1v) is 10.2. The molecule has 0 aliphatic carbocycles. The van der Waals surface area contributed by atoms with Gasteiger partial charge in [0.1, 0.15) is 0 Å². The molecular weight excluding hydrogens is 398 g/mol. The Bertz CT molecular complexity index is 948. The number of hydrogen-bond donors (Lipinski definition) is 1. The highest BCUT2D eigenvalue weighted by atomic mass is 16.6. The molecule has 0 spiro atoms. The molecule has 2 aromatic rings. The number of anilines is 2. The van der Waals surface area contributed by atoms with E-state index in [1.54, 1.807) is 0 Å². The van der Waals surface area contributed by atoms with E-state index in [1.165, 1.54) is 62.6 Å². The van der Waals surface area contributed by atoms with Gasteiger partial charge in [0.05, 0.1) is 4.92 Å². The summed E-state index contributed by atoms with van der Waals surface area (Å²) in [5.41, 5.74) is 2.34. The predicted octanol–water partition coefficient (Wildman–Crippen LogP) is 4.17. The minimum Gasteiger partial charge on any atom is -0.449 e. The van der Waals surface area contributed by atoms with E-state index in [-0.39, 0.29) is 5.69 Å². The summed E-state index contributed by atoms with van der Waals surface area (Å²) in [5, 5.41) is 13.4. The monoisotopic (exact) mass is 423 g/mol. The fourth-order valence-electron chi connectivity index (χ4n) is 3.29. The number of carbonyl (C=O) groups is 2. The minimum absolute atomic E-state index is 0.0334. The van der Waals surface area contributed by atoms with Gasteiger partial charge in [-0.25, -0.2) is 4.79 Å². The Morgan fingerprint density at radius 1 is 1.06 bits per heavy atom. The molecule has 31 heavy (non-hydrogen) atoms. The summed E-state index contributed by atoms with van der Waals surface area (Å²) < 4.78 is 5.13. The first kappa shape index (κ1) is 22.0. The van der Waals surface area contributed by atoms with Crippen molar-refractivity contribution in [2.24, 2.45) is 0 Å². The summed E-state index contributed by atoms with van der Waals surface area (Å²) >= 11 is 0. The van der Waals surface area contributed by atoms with Gasteiger partial charge in [0, 0.05) is 42.7 Å². The maximum absolute atomic E-state index is 12.3. The summed E-state index contributed by atoms with van der Waals surface area (Å²) in [7, 11) is 0. The molecule has 1 saturated heterocycles. The first-order chi connectivity index (χ1) is 14.9. The van der Waals surface area contributed by atoms with Crippen LogP contribution in [0, 0.1) is 10.1 Å². The number of amides is 1. The van der Waals surface area contributed by atoms with Crippen molar-refractivity contribution in [1.29, 1.82) is 0 Å². The van der Waals surface area contributed by atoms with E-state index in [0.29, 0.717) is 11.3 Å². The van der Waals surface area contributed by atoms with Crippen LogP contribution in [0.1, 0.15) is 31.7 Å². The molecule has 1 amide bonds. The van der Waals surface area contributed by atoms with Crippen molar-refractivity contribution < 1.29 is 19.2 Å². The van der Waals surface area contributed by atoms with Gasteiger partial charge in [0.15, 0.2) is 6.10 Å². The van der Waals surface area contributed by atoms with Crippen molar-refractivity contribution in [3.05, 3.63) is 70.3 Å². The Morgan fingerprint density at radius 2 is 1.71 bits per heavy atom. The SMILES string of the molecule is C[C@H](OC(=O)/C=C/c1ccc([N+](=O)[O-])cc1)C(=O)Nc1ccc(N2CCCCC2)cc1. The van der Waals surface area contributed by atoms with Crippen LogP contribution in [-0.2, 0) is 14.3 Å². The summed E-state index contributed by atoms with van der Waals surface area (Å²) in [5.74, 6) is -1.11. The standard InChI is InChI=1S/C23H25N3O5/c1-17(31-22(27)14-7-18-5-10-21(11-6-18)26(29)30)23(28)24-19-8-12-20(13-9-19)25-15-3-2-4-16-25/h5-14,17H,2-4,15-16H2,1H3,(H,24,28)/b14-7+/t17-/m0/s1. The number of ether oxygens (including phenoxy) is 1. The van der Waals surface area contributed by atoms with E-state index in [1.807, 2.05) is 24.3 Å². The summed E-state index contributed by atoms with van der Waals surface area (Å²) in [6.07, 6.45) is 5.33. The van der Waals surface area contributed by atoms with E-state index in [9.17, 15) is 19.7 Å². The Kier molecular flexibility index (Phi) is 7.37. The van der Waals surface area contributed by atoms with E-state index >= 15 is 0 Å². The molecule has 0 unspecified atom stereocenters. The highest BCUT2D eigenvalue weighted by Gasteiger charge is 2.17. The third-order valence-electron chi connectivity index (χ3n) is 5.03. The van der Waals surface area contributed by atoms with Gasteiger partial charge in [-0.15, -0.1) is 0 Å². The maximum atomic E-state index is 12.3. The normalized spacial score (nSPS) is 14.8. The largest absolute Gasteiger partial charge is 0.449 e. The smallest absolute Gasteiger partial charge is 0.331 e. The lowest BCUT2D eigenvalue weighted by Crippen LogP contribution is -2.30. The lowest BCUT2D eigenvalue weighted by Gasteiger charge is -2.28. The number of piperidine rings is 1. The van der Waals surface area contributed by atoms with Crippen LogP contribution in [0.2, 0.25) is 0 Å². The van der Waals surface area contributed by atoms with Gasteiger partial charge in [-0.1, -0.05) is 0 Å². The second-order valence-corrected chi connectivity index (χ2v) is 7.34. The van der Waals surface area contributed by atoms with Gasteiger partial charge < -0.3 is 15.0 Å². The first-order valence-electron chi connectivity index (χ1n) is 10.2. The van der Waals surface area contributed by atoms with Crippen LogP contribution in [0.3, 0.4) is 0 Å². The molecule has 8 heteroatoms. The Morgan fingerprint density at radius 3 is 2.32 bits per heavy atom. The van der Waals surface area contributed by atoms with Crippen molar-refractivity contribution in [3.63, 3.8) is 0 Å². The molecule has 1 N–H and O–H groups in total. The third-order valence-corrected chi connectivity index (χ3v) is 5.03. The molecule has 2 aromatic carbocycles. The molecule has 1 heterocycles. The lowest BCUT2D eigenvalue weighted by molar-refractivity contribution is -0.384. The number of non-ortho nitro benzene ring substituents is 1. The topological polar surface area (TPSA) is 102 Å². The number of nitrogens with one attached hydrogen (secondary N) is 1.